The topological polar surface area (TPSA) is 99.0 Å². The molecule has 2 heterocycles. The van der Waals surface area contributed by atoms with Crippen molar-refractivity contribution in [1.82, 2.24) is 20.2 Å². The van der Waals surface area contributed by atoms with E-state index in [-0.39, 0.29) is 17.8 Å². The van der Waals surface area contributed by atoms with Crippen LogP contribution in [0.5, 0.6) is 0 Å². The summed E-state index contributed by atoms with van der Waals surface area (Å²) in [6.45, 7) is 2.81. The summed E-state index contributed by atoms with van der Waals surface area (Å²) in [5.41, 5.74) is 1.94. The van der Waals surface area contributed by atoms with Crippen molar-refractivity contribution < 1.29 is 14.3 Å². The van der Waals surface area contributed by atoms with Gasteiger partial charge in [0.1, 0.15) is 5.25 Å². The maximum Gasteiger partial charge on any atom is 0.242 e. The predicted octanol–water partition coefficient (Wildman–Crippen LogP) is 3.53. The third-order valence-electron chi connectivity index (χ3n) is 5.00. The Hall–Kier alpha value is -3.04. The van der Waals surface area contributed by atoms with Gasteiger partial charge in [0.15, 0.2) is 5.78 Å². The summed E-state index contributed by atoms with van der Waals surface area (Å²) in [7, 11) is 0. The highest BCUT2D eigenvalue weighted by Gasteiger charge is 2.26. The first-order valence-electron chi connectivity index (χ1n) is 10.1. The van der Waals surface area contributed by atoms with Crippen molar-refractivity contribution >= 4 is 29.1 Å². The molecule has 2 atom stereocenters. The fourth-order valence-corrected chi connectivity index (χ4v) is 4.39. The number of tetrazole rings is 1. The molecular weight excluding hydrogens is 414 g/mol. The Labute approximate surface area is 184 Å². The number of hydrogen-bond acceptors (Lipinski definition) is 7. The van der Waals surface area contributed by atoms with Crippen LogP contribution >= 0.6 is 11.8 Å². The number of carbonyl (C=O) groups is 2. The molecule has 160 valence electrons. The van der Waals surface area contributed by atoms with Crippen LogP contribution in [0.1, 0.15) is 40.9 Å². The minimum absolute atomic E-state index is 0.0570. The highest BCUT2D eigenvalue weighted by Crippen LogP contribution is 2.35. The number of amides is 1. The van der Waals surface area contributed by atoms with Crippen molar-refractivity contribution in [3.05, 3.63) is 65.7 Å². The van der Waals surface area contributed by atoms with Crippen molar-refractivity contribution in [2.75, 3.05) is 11.9 Å². The molecule has 0 bridgehead atoms. The van der Waals surface area contributed by atoms with E-state index in [4.69, 9.17) is 4.74 Å². The monoisotopic (exact) mass is 437 g/mol. The molecule has 0 unspecified atom stereocenters. The first-order chi connectivity index (χ1) is 15.1. The highest BCUT2D eigenvalue weighted by atomic mass is 32.2. The van der Waals surface area contributed by atoms with Crippen LogP contribution in [0.4, 0.5) is 5.69 Å². The molecule has 1 aliphatic rings. The number of benzene rings is 2. The second-order valence-electron chi connectivity index (χ2n) is 7.31. The number of hydrogen-bond donors (Lipinski definition) is 1. The average molecular weight is 438 g/mol. The van der Waals surface area contributed by atoms with Gasteiger partial charge in [0.25, 0.3) is 0 Å². The van der Waals surface area contributed by atoms with Gasteiger partial charge in [-0.05, 0) is 47.9 Å². The van der Waals surface area contributed by atoms with E-state index in [0.29, 0.717) is 23.0 Å². The summed E-state index contributed by atoms with van der Waals surface area (Å²) in [4.78, 5) is 24.9. The number of nitrogens with one attached hydrogen (secondary N) is 1. The Morgan fingerprint density at radius 2 is 2.06 bits per heavy atom. The largest absolute Gasteiger partial charge is 0.376 e. The minimum Gasteiger partial charge on any atom is -0.376 e. The van der Waals surface area contributed by atoms with Gasteiger partial charge in [0, 0.05) is 17.9 Å². The van der Waals surface area contributed by atoms with Gasteiger partial charge in [-0.3, -0.25) is 9.59 Å². The second kappa shape index (κ2) is 9.84. The summed E-state index contributed by atoms with van der Waals surface area (Å²) < 4.78 is 7.39. The Morgan fingerprint density at radius 1 is 1.23 bits per heavy atom. The van der Waals surface area contributed by atoms with Gasteiger partial charge in [-0.2, -0.15) is 0 Å². The molecule has 9 heteroatoms. The number of carbonyl (C=O) groups excluding carboxylic acids is 2. The Bertz CT molecular complexity index is 1050. The van der Waals surface area contributed by atoms with E-state index >= 15 is 0 Å². The molecule has 0 spiro atoms. The zero-order chi connectivity index (χ0) is 21.6. The standard InChI is InChI=1S/C22H23N5O3S/c1-15(28)17-9-5-10-18(13-17)23-21(29)20(16-7-3-2-4-8-16)31-22-24-25-26-27(22)14-19-11-6-12-30-19/h2-5,7-10,13,19-20H,6,11-12,14H2,1H3,(H,23,29)/t19-,20-/m0/s1. The molecule has 8 nitrogen and oxygen atoms in total. The van der Waals surface area contributed by atoms with Crippen molar-refractivity contribution in [3.8, 4) is 0 Å². The van der Waals surface area contributed by atoms with Crippen LogP contribution < -0.4 is 5.32 Å². The fraction of sp³-hybridized carbons (Fsp3) is 0.318. The molecule has 0 radical (unpaired) electrons. The number of aromatic nitrogens is 4. The predicted molar refractivity (Wildman–Crippen MR) is 117 cm³/mol. The summed E-state index contributed by atoms with van der Waals surface area (Å²) in [6.07, 6.45) is 2.09. The van der Waals surface area contributed by atoms with Crippen LogP contribution in [0.25, 0.3) is 0 Å². The number of Topliss-reactive ketones (excluding diaryl/α,β-unsaturated/α-hetero) is 1. The lowest BCUT2D eigenvalue weighted by atomic mass is 10.1. The van der Waals surface area contributed by atoms with E-state index in [1.54, 1.807) is 28.9 Å². The summed E-state index contributed by atoms with van der Waals surface area (Å²) >= 11 is 1.29. The van der Waals surface area contributed by atoms with Gasteiger partial charge in [-0.1, -0.05) is 54.2 Å². The third kappa shape index (κ3) is 5.36. The third-order valence-corrected chi connectivity index (χ3v) is 6.23. The Balaban J connectivity index is 1.56. The van der Waals surface area contributed by atoms with Gasteiger partial charge < -0.3 is 10.1 Å². The lowest BCUT2D eigenvalue weighted by molar-refractivity contribution is -0.115. The van der Waals surface area contributed by atoms with Crippen molar-refractivity contribution in [2.45, 2.75) is 42.8 Å². The minimum atomic E-state index is -0.573. The molecule has 1 aliphatic heterocycles. The second-order valence-corrected chi connectivity index (χ2v) is 8.39. The molecule has 2 aromatic carbocycles. The maximum absolute atomic E-state index is 13.3. The van der Waals surface area contributed by atoms with Crippen LogP contribution in [-0.4, -0.2) is 44.6 Å². The van der Waals surface area contributed by atoms with Gasteiger partial charge in [-0.25, -0.2) is 4.68 Å². The fourth-order valence-electron chi connectivity index (χ4n) is 3.41. The molecule has 1 aromatic heterocycles. The summed E-state index contributed by atoms with van der Waals surface area (Å²) in [6, 6.07) is 16.4. The number of anilines is 1. The molecule has 1 N–H and O–H groups in total. The van der Waals surface area contributed by atoms with Crippen molar-refractivity contribution in [2.24, 2.45) is 0 Å². The van der Waals surface area contributed by atoms with Crippen LogP contribution in [0.15, 0.2) is 59.8 Å². The first-order valence-corrected chi connectivity index (χ1v) is 11.0. The summed E-state index contributed by atoms with van der Waals surface area (Å²) in [5.74, 6) is -0.276. The summed E-state index contributed by atoms with van der Waals surface area (Å²) in [5, 5.41) is 14.9. The van der Waals surface area contributed by atoms with Gasteiger partial charge >= 0.3 is 0 Å². The SMILES string of the molecule is CC(=O)c1cccc(NC(=O)[C@@H](Sc2nnnn2C[C@@H]2CCCO2)c2ccccc2)c1. The normalized spacial score (nSPS) is 16.7. The lowest BCUT2D eigenvalue weighted by Gasteiger charge is -2.17. The average Bonchev–Trinajstić information content (AvgIpc) is 3.45. The van der Waals surface area contributed by atoms with Crippen LogP contribution in [0.2, 0.25) is 0 Å². The van der Waals surface area contributed by atoms with E-state index in [1.165, 1.54) is 18.7 Å². The van der Waals surface area contributed by atoms with Crippen molar-refractivity contribution in [1.29, 1.82) is 0 Å². The zero-order valence-electron chi connectivity index (χ0n) is 17.1. The van der Waals surface area contributed by atoms with Gasteiger partial charge in [-0.15, -0.1) is 5.10 Å². The molecule has 31 heavy (non-hydrogen) atoms. The van der Waals surface area contributed by atoms with Crippen LogP contribution in [0.3, 0.4) is 0 Å². The quantitative estimate of drug-likeness (QED) is 0.425. The van der Waals surface area contributed by atoms with Crippen molar-refractivity contribution in [3.63, 3.8) is 0 Å². The van der Waals surface area contributed by atoms with Crippen LogP contribution in [0, 0.1) is 0 Å². The van der Waals surface area contributed by atoms with E-state index in [9.17, 15) is 9.59 Å². The van der Waals surface area contributed by atoms with E-state index in [0.717, 1.165) is 25.0 Å². The number of ketones is 1. The highest BCUT2D eigenvalue weighted by molar-refractivity contribution is 8.00. The van der Waals surface area contributed by atoms with E-state index < -0.39 is 5.25 Å². The van der Waals surface area contributed by atoms with Gasteiger partial charge in [0.2, 0.25) is 11.1 Å². The molecule has 1 saturated heterocycles. The smallest absolute Gasteiger partial charge is 0.242 e. The first kappa shape index (κ1) is 21.2. The number of nitrogens with zero attached hydrogens (tertiary/aromatic N) is 4. The molecule has 0 aliphatic carbocycles. The number of thioether (sulfide) groups is 1. The Kier molecular flexibility index (Phi) is 6.73. The zero-order valence-corrected chi connectivity index (χ0v) is 17.9. The molecule has 1 amide bonds. The lowest BCUT2D eigenvalue weighted by Crippen LogP contribution is -2.21. The molecular formula is C22H23N5O3S. The number of ether oxygens (including phenoxy) is 1. The van der Waals surface area contributed by atoms with E-state index in [2.05, 4.69) is 20.8 Å². The molecule has 3 aromatic rings. The van der Waals surface area contributed by atoms with E-state index in [1.807, 2.05) is 30.3 Å². The van der Waals surface area contributed by atoms with Crippen LogP contribution in [-0.2, 0) is 16.1 Å². The Morgan fingerprint density at radius 3 is 2.81 bits per heavy atom. The van der Waals surface area contributed by atoms with Gasteiger partial charge in [0.05, 0.1) is 12.6 Å². The molecule has 1 fully saturated rings. The molecule has 0 saturated carbocycles. The molecule has 4 rings (SSSR count). The maximum atomic E-state index is 13.3. The number of rotatable bonds is 8.